The molecule has 0 spiro atoms. The molecule has 4 aliphatic rings. The molecule has 3 unspecified atom stereocenters. The summed E-state index contributed by atoms with van der Waals surface area (Å²) in [5.41, 5.74) is 1.45. The Labute approximate surface area is 161 Å². The lowest BCUT2D eigenvalue weighted by molar-refractivity contribution is -0.108. The normalized spacial score (nSPS) is 32.1. The largest absolute Gasteiger partial charge is 0.370 e. The number of nitrogens with one attached hydrogen (secondary N) is 1. The van der Waals surface area contributed by atoms with Gasteiger partial charge >= 0.3 is 0 Å². The van der Waals surface area contributed by atoms with Gasteiger partial charge in [-0.05, 0) is 80.0 Å². The van der Waals surface area contributed by atoms with Crippen molar-refractivity contribution in [2.24, 2.45) is 17.8 Å². The van der Waals surface area contributed by atoms with E-state index >= 15 is 0 Å². The zero-order chi connectivity index (χ0) is 18.9. The minimum absolute atomic E-state index is 0.0706. The van der Waals surface area contributed by atoms with E-state index in [9.17, 15) is 13.4 Å². The minimum Gasteiger partial charge on any atom is -0.370 e. The van der Waals surface area contributed by atoms with E-state index in [1.807, 2.05) is 4.72 Å². The summed E-state index contributed by atoms with van der Waals surface area (Å²) >= 11 is 6.21. The van der Waals surface area contributed by atoms with Gasteiger partial charge < -0.3 is 4.74 Å². The smallest absolute Gasteiger partial charge is 0.218 e. The van der Waals surface area contributed by atoms with Crippen molar-refractivity contribution < 1.29 is 18.1 Å². The van der Waals surface area contributed by atoms with Gasteiger partial charge in [0.05, 0.1) is 12.2 Å². The van der Waals surface area contributed by atoms with Crippen molar-refractivity contribution in [1.29, 1.82) is 0 Å². The molecular formula is C19H25ClFNO3S. The topological polar surface area (TPSA) is 55.4 Å². The second-order valence-corrected chi connectivity index (χ2v) is 9.38. The summed E-state index contributed by atoms with van der Waals surface area (Å²) in [6, 6.07) is 3.23. The van der Waals surface area contributed by atoms with Crippen molar-refractivity contribution in [2.75, 3.05) is 6.26 Å². The van der Waals surface area contributed by atoms with E-state index in [1.165, 1.54) is 44.4 Å². The molecule has 1 N–H and O–H groups in total. The van der Waals surface area contributed by atoms with E-state index in [0.717, 1.165) is 23.3 Å². The van der Waals surface area contributed by atoms with Gasteiger partial charge in [0.15, 0.2) is 0 Å². The molecule has 1 amide bonds. The van der Waals surface area contributed by atoms with Crippen LogP contribution < -0.4 is 4.72 Å². The quantitative estimate of drug-likeness (QED) is 0.761. The highest BCUT2D eigenvalue weighted by Gasteiger charge is 2.56. The summed E-state index contributed by atoms with van der Waals surface area (Å²) in [6.45, 7) is 2.18. The molecule has 4 fully saturated rings. The predicted molar refractivity (Wildman–Crippen MR) is 100 cm³/mol. The molecule has 1 aromatic rings. The number of hydrogen-bond acceptors (Lipinski definition) is 3. The summed E-state index contributed by atoms with van der Waals surface area (Å²) in [5, 5.41) is 0.621. The van der Waals surface area contributed by atoms with E-state index in [0.29, 0.717) is 23.6 Å². The van der Waals surface area contributed by atoms with Gasteiger partial charge in [-0.2, -0.15) is 0 Å². The third kappa shape index (κ3) is 4.29. The first kappa shape index (κ1) is 19.8. The van der Waals surface area contributed by atoms with Gasteiger partial charge in [-0.1, -0.05) is 11.6 Å². The molecule has 26 heavy (non-hydrogen) atoms. The van der Waals surface area contributed by atoms with Crippen molar-refractivity contribution in [3.05, 3.63) is 34.1 Å². The number of ether oxygens (including phenoxy) is 1. The number of aryl methyl sites for hydroxylation is 1. The third-order valence-electron chi connectivity index (χ3n) is 5.94. The Hall–Kier alpha value is -0.980. The Morgan fingerprint density at radius 1 is 1.35 bits per heavy atom. The summed E-state index contributed by atoms with van der Waals surface area (Å²) in [7, 11) is -1.18. The van der Waals surface area contributed by atoms with E-state index in [2.05, 4.69) is 0 Å². The van der Waals surface area contributed by atoms with Crippen LogP contribution in [0.25, 0.3) is 0 Å². The van der Waals surface area contributed by atoms with Crippen molar-refractivity contribution in [3.63, 3.8) is 0 Å². The number of halogens is 2. The molecule has 4 bridgehead atoms. The van der Waals surface area contributed by atoms with Gasteiger partial charge in [0, 0.05) is 11.3 Å². The second-order valence-electron chi connectivity index (χ2n) is 7.82. The van der Waals surface area contributed by atoms with Crippen LogP contribution >= 0.6 is 11.6 Å². The molecule has 4 nitrogen and oxygen atoms in total. The van der Waals surface area contributed by atoms with Crippen LogP contribution in [0.5, 0.6) is 0 Å². The maximum Gasteiger partial charge on any atom is 0.218 e. The lowest BCUT2D eigenvalue weighted by atomic mass is 9.78. The number of benzene rings is 1. The average Bonchev–Trinajstić information content (AvgIpc) is 2.97. The summed E-state index contributed by atoms with van der Waals surface area (Å²) < 4.78 is 31.8. The first-order valence-electron chi connectivity index (χ1n) is 8.93. The zero-order valence-corrected chi connectivity index (χ0v) is 16.7. The maximum atomic E-state index is 13.7. The van der Waals surface area contributed by atoms with Crippen molar-refractivity contribution >= 4 is 29.0 Å². The Bertz CT molecular complexity index is 695. The van der Waals surface area contributed by atoms with Crippen molar-refractivity contribution in [2.45, 2.75) is 51.2 Å². The Kier molecular flexibility index (Phi) is 6.04. The molecule has 0 heterocycles. The monoisotopic (exact) mass is 401 g/mol. The van der Waals surface area contributed by atoms with E-state index in [-0.39, 0.29) is 11.4 Å². The van der Waals surface area contributed by atoms with Crippen LogP contribution in [-0.2, 0) is 27.1 Å². The SMILES string of the molecule is CS(=O)NC=O.Cc1cc(Cl)c(COC23CC4CC(C2)C(C4)C3)cc1F. The van der Waals surface area contributed by atoms with Crippen LogP contribution in [-0.4, -0.2) is 22.5 Å². The number of amides is 1. The van der Waals surface area contributed by atoms with Crippen molar-refractivity contribution in [1.82, 2.24) is 4.72 Å². The third-order valence-corrected chi connectivity index (χ3v) is 6.72. The van der Waals surface area contributed by atoms with Crippen LogP contribution in [0.4, 0.5) is 4.39 Å². The molecular weight excluding hydrogens is 377 g/mol. The van der Waals surface area contributed by atoms with Gasteiger partial charge in [-0.25, -0.2) is 8.60 Å². The van der Waals surface area contributed by atoms with Gasteiger partial charge in [-0.15, -0.1) is 0 Å². The lowest BCUT2D eigenvalue weighted by Gasteiger charge is -2.38. The van der Waals surface area contributed by atoms with E-state index < -0.39 is 11.0 Å². The van der Waals surface area contributed by atoms with Gasteiger partial charge in [-0.3, -0.25) is 9.52 Å². The highest BCUT2D eigenvalue weighted by molar-refractivity contribution is 7.82. The van der Waals surface area contributed by atoms with Gasteiger partial charge in [0.1, 0.15) is 16.8 Å². The first-order chi connectivity index (χ1) is 12.3. The van der Waals surface area contributed by atoms with Crippen LogP contribution in [0.2, 0.25) is 5.02 Å². The van der Waals surface area contributed by atoms with Crippen LogP contribution in [0.3, 0.4) is 0 Å². The highest BCUT2D eigenvalue weighted by Crippen LogP contribution is 2.61. The molecule has 0 aliphatic heterocycles. The van der Waals surface area contributed by atoms with Crippen LogP contribution in [0.1, 0.15) is 43.2 Å². The van der Waals surface area contributed by atoms with Gasteiger partial charge in [0.25, 0.3) is 0 Å². The van der Waals surface area contributed by atoms with E-state index in [4.69, 9.17) is 16.3 Å². The fraction of sp³-hybridized carbons (Fsp3) is 0.632. The molecule has 3 atom stereocenters. The number of carbonyl (C=O) groups is 1. The summed E-state index contributed by atoms with van der Waals surface area (Å²) in [5.74, 6) is 2.46. The second kappa shape index (κ2) is 7.95. The van der Waals surface area contributed by atoms with Crippen LogP contribution in [0, 0.1) is 30.5 Å². The molecule has 4 aliphatic carbocycles. The molecule has 1 aromatic carbocycles. The maximum absolute atomic E-state index is 13.7. The van der Waals surface area contributed by atoms with Crippen LogP contribution in [0.15, 0.2) is 12.1 Å². The highest BCUT2D eigenvalue weighted by atomic mass is 35.5. The Morgan fingerprint density at radius 2 is 2.00 bits per heavy atom. The first-order valence-corrected chi connectivity index (χ1v) is 10.9. The summed E-state index contributed by atoms with van der Waals surface area (Å²) in [4.78, 5) is 9.31. The lowest BCUT2D eigenvalue weighted by Crippen LogP contribution is -2.36. The molecule has 7 heteroatoms. The summed E-state index contributed by atoms with van der Waals surface area (Å²) in [6.07, 6.45) is 8.22. The number of hydrogen-bond donors (Lipinski definition) is 1. The van der Waals surface area contributed by atoms with Gasteiger partial charge in [0.2, 0.25) is 6.41 Å². The standard InChI is InChI=1S/C17H20ClFO.C2H5NO2S/c1-10-2-15(18)14(5-16(10)19)9-20-17-6-11-3-12(7-17)13(4-11)8-17;1-6(5)3-2-4/h2,5,11-13H,3-4,6-9H2,1H3;2H,1H3,(H,3,4). The Balaban J connectivity index is 0.000000286. The number of carbonyl (C=O) groups excluding carboxylic acids is 1. The minimum atomic E-state index is -1.18. The molecule has 4 saturated carbocycles. The fourth-order valence-corrected chi connectivity index (χ4v) is 5.42. The average molecular weight is 402 g/mol. The molecule has 0 radical (unpaired) electrons. The molecule has 144 valence electrons. The molecule has 0 aromatic heterocycles. The number of rotatable bonds is 5. The fourth-order valence-electron chi connectivity index (χ4n) is 5.01. The zero-order valence-electron chi connectivity index (χ0n) is 15.1. The van der Waals surface area contributed by atoms with Crippen molar-refractivity contribution in [3.8, 4) is 0 Å². The molecule has 5 rings (SSSR count). The predicted octanol–water partition coefficient (Wildman–Crippen LogP) is 3.91. The van der Waals surface area contributed by atoms with E-state index in [1.54, 1.807) is 13.0 Å². The Morgan fingerprint density at radius 3 is 2.50 bits per heavy atom. The molecule has 0 saturated heterocycles.